The quantitative estimate of drug-likeness (QED) is 0.315. The number of rotatable bonds is 8. The zero-order chi connectivity index (χ0) is 21.3. The van der Waals surface area contributed by atoms with E-state index >= 15 is 0 Å². The van der Waals surface area contributed by atoms with Crippen molar-refractivity contribution >= 4 is 5.97 Å². The molecule has 0 saturated heterocycles. The van der Waals surface area contributed by atoms with Gasteiger partial charge in [0.15, 0.2) is 0 Å². The van der Waals surface area contributed by atoms with Gasteiger partial charge in [0.1, 0.15) is 36.0 Å². The van der Waals surface area contributed by atoms with Crippen LogP contribution in [-0.4, -0.2) is 5.97 Å². The minimum absolute atomic E-state index is 0.195. The molecule has 4 aromatic rings. The molecule has 0 N–H and O–H groups in total. The molecule has 0 aromatic heterocycles. The summed E-state index contributed by atoms with van der Waals surface area (Å²) in [7, 11) is 0. The molecular formula is C27H22O4. The van der Waals surface area contributed by atoms with Crippen LogP contribution >= 0.6 is 0 Å². The summed E-state index contributed by atoms with van der Waals surface area (Å²) in [6.45, 7) is 0.522. The van der Waals surface area contributed by atoms with Crippen molar-refractivity contribution in [2.75, 3.05) is 0 Å². The Hall–Kier alpha value is -4.05. The van der Waals surface area contributed by atoms with Gasteiger partial charge >= 0.3 is 5.97 Å². The second kappa shape index (κ2) is 10.1. The second-order valence-corrected chi connectivity index (χ2v) is 6.91. The van der Waals surface area contributed by atoms with E-state index in [9.17, 15) is 4.79 Å². The van der Waals surface area contributed by atoms with Crippen LogP contribution in [0.15, 0.2) is 109 Å². The van der Waals surface area contributed by atoms with Gasteiger partial charge in [0.05, 0.1) is 0 Å². The number of ether oxygens (including phenoxy) is 3. The fraction of sp³-hybridized carbons (Fsp3) is 0.0741. The summed E-state index contributed by atoms with van der Waals surface area (Å²) < 4.78 is 17.4. The predicted molar refractivity (Wildman–Crippen MR) is 119 cm³/mol. The van der Waals surface area contributed by atoms with Crippen molar-refractivity contribution in [3.63, 3.8) is 0 Å². The Balaban J connectivity index is 1.54. The lowest BCUT2D eigenvalue weighted by Crippen LogP contribution is -2.08. The van der Waals surface area contributed by atoms with Crippen LogP contribution < -0.4 is 9.47 Å². The van der Waals surface area contributed by atoms with Gasteiger partial charge in [0, 0.05) is 6.07 Å². The van der Waals surface area contributed by atoms with Gasteiger partial charge in [-0.15, -0.1) is 0 Å². The highest BCUT2D eigenvalue weighted by Gasteiger charge is 2.16. The third-order valence-corrected chi connectivity index (χ3v) is 4.60. The van der Waals surface area contributed by atoms with Gasteiger partial charge in [-0.05, 0) is 35.4 Å². The molecule has 0 amide bonds. The van der Waals surface area contributed by atoms with Crippen LogP contribution in [0.2, 0.25) is 0 Å². The Morgan fingerprint density at radius 1 is 0.613 bits per heavy atom. The van der Waals surface area contributed by atoms with Gasteiger partial charge in [0.25, 0.3) is 0 Å². The zero-order valence-electron chi connectivity index (χ0n) is 16.9. The molecule has 0 radical (unpaired) electrons. The van der Waals surface area contributed by atoms with E-state index in [1.165, 1.54) is 0 Å². The van der Waals surface area contributed by atoms with Crippen LogP contribution in [0.4, 0.5) is 0 Å². The van der Waals surface area contributed by atoms with Crippen molar-refractivity contribution in [2.45, 2.75) is 13.2 Å². The SMILES string of the molecule is O=C(OCc1ccccc1)c1ccc(Oc2ccccc2)cc1OCc1ccccc1. The highest BCUT2D eigenvalue weighted by molar-refractivity contribution is 5.92. The molecule has 0 atom stereocenters. The van der Waals surface area contributed by atoms with Crippen LogP contribution in [0.3, 0.4) is 0 Å². The minimum atomic E-state index is -0.446. The zero-order valence-corrected chi connectivity index (χ0v) is 16.9. The van der Waals surface area contributed by atoms with Crippen molar-refractivity contribution in [3.05, 3.63) is 126 Å². The highest BCUT2D eigenvalue weighted by atomic mass is 16.5. The largest absolute Gasteiger partial charge is 0.488 e. The van der Waals surface area contributed by atoms with Crippen LogP contribution in [0, 0.1) is 0 Å². The molecular weight excluding hydrogens is 388 g/mol. The first-order valence-electron chi connectivity index (χ1n) is 10.0. The van der Waals surface area contributed by atoms with E-state index in [0.717, 1.165) is 11.1 Å². The maximum absolute atomic E-state index is 12.8. The molecule has 0 aliphatic heterocycles. The first kappa shape index (κ1) is 20.2. The minimum Gasteiger partial charge on any atom is -0.488 e. The second-order valence-electron chi connectivity index (χ2n) is 6.91. The normalized spacial score (nSPS) is 10.3. The molecule has 0 aliphatic rings. The van der Waals surface area contributed by atoms with Gasteiger partial charge in [0.2, 0.25) is 0 Å². The molecule has 4 heteroatoms. The van der Waals surface area contributed by atoms with Gasteiger partial charge in [-0.1, -0.05) is 78.9 Å². The van der Waals surface area contributed by atoms with Gasteiger partial charge < -0.3 is 14.2 Å². The van der Waals surface area contributed by atoms with Crippen LogP contribution in [-0.2, 0) is 18.0 Å². The molecule has 0 heterocycles. The number of esters is 1. The van der Waals surface area contributed by atoms with E-state index in [2.05, 4.69) is 0 Å². The predicted octanol–water partition coefficient (Wildman–Crippen LogP) is 6.41. The highest BCUT2D eigenvalue weighted by Crippen LogP contribution is 2.30. The van der Waals surface area contributed by atoms with Gasteiger partial charge in [-0.2, -0.15) is 0 Å². The van der Waals surface area contributed by atoms with Crippen LogP contribution in [0.1, 0.15) is 21.5 Å². The molecule has 31 heavy (non-hydrogen) atoms. The third kappa shape index (κ3) is 5.73. The third-order valence-electron chi connectivity index (χ3n) is 4.60. The number of carbonyl (C=O) groups excluding carboxylic acids is 1. The summed E-state index contributed by atoms with van der Waals surface area (Å²) >= 11 is 0. The summed E-state index contributed by atoms with van der Waals surface area (Å²) in [6, 6.07) is 33.9. The lowest BCUT2D eigenvalue weighted by atomic mass is 10.2. The molecule has 4 aromatic carbocycles. The van der Waals surface area contributed by atoms with Gasteiger partial charge in [-0.3, -0.25) is 0 Å². The summed E-state index contributed by atoms with van der Waals surface area (Å²) in [4.78, 5) is 12.8. The summed E-state index contributed by atoms with van der Waals surface area (Å²) in [6.07, 6.45) is 0. The Morgan fingerprint density at radius 3 is 1.84 bits per heavy atom. The molecule has 0 aliphatic carbocycles. The topological polar surface area (TPSA) is 44.8 Å². The number of benzene rings is 4. The van der Waals surface area contributed by atoms with E-state index in [4.69, 9.17) is 14.2 Å². The molecule has 0 unspecified atom stereocenters. The van der Waals surface area contributed by atoms with Crippen molar-refractivity contribution in [3.8, 4) is 17.2 Å². The van der Waals surface area contributed by atoms with E-state index < -0.39 is 5.97 Å². The molecule has 4 nitrogen and oxygen atoms in total. The summed E-state index contributed by atoms with van der Waals surface area (Å²) in [5, 5.41) is 0. The Bertz CT molecular complexity index is 1110. The van der Waals surface area contributed by atoms with Crippen LogP contribution in [0.5, 0.6) is 17.2 Å². The molecule has 0 spiro atoms. The van der Waals surface area contributed by atoms with E-state index in [0.29, 0.717) is 29.4 Å². The summed E-state index contributed by atoms with van der Waals surface area (Å²) in [5.74, 6) is 1.25. The van der Waals surface area contributed by atoms with E-state index in [-0.39, 0.29) is 6.61 Å². The number of hydrogen-bond donors (Lipinski definition) is 0. The Morgan fingerprint density at radius 2 is 1.19 bits per heavy atom. The lowest BCUT2D eigenvalue weighted by molar-refractivity contribution is 0.0467. The lowest BCUT2D eigenvalue weighted by Gasteiger charge is -2.14. The van der Waals surface area contributed by atoms with Crippen molar-refractivity contribution in [2.24, 2.45) is 0 Å². The Labute approximate surface area is 181 Å². The average Bonchev–Trinajstić information content (AvgIpc) is 2.83. The maximum Gasteiger partial charge on any atom is 0.342 e. The maximum atomic E-state index is 12.8. The van der Waals surface area contributed by atoms with Crippen LogP contribution in [0.25, 0.3) is 0 Å². The fourth-order valence-corrected chi connectivity index (χ4v) is 3.02. The summed E-state index contributed by atoms with van der Waals surface area (Å²) in [5.41, 5.74) is 2.28. The molecule has 154 valence electrons. The number of hydrogen-bond acceptors (Lipinski definition) is 4. The number of carbonyl (C=O) groups is 1. The fourth-order valence-electron chi connectivity index (χ4n) is 3.02. The first-order chi connectivity index (χ1) is 15.3. The molecule has 0 fully saturated rings. The average molecular weight is 410 g/mol. The first-order valence-corrected chi connectivity index (χ1v) is 10.0. The molecule has 0 saturated carbocycles. The van der Waals surface area contributed by atoms with Gasteiger partial charge in [-0.25, -0.2) is 4.79 Å². The monoisotopic (exact) mass is 410 g/mol. The van der Waals surface area contributed by atoms with E-state index in [1.807, 2.05) is 91.0 Å². The van der Waals surface area contributed by atoms with Crippen molar-refractivity contribution in [1.29, 1.82) is 0 Å². The van der Waals surface area contributed by atoms with Crippen molar-refractivity contribution in [1.82, 2.24) is 0 Å². The van der Waals surface area contributed by atoms with E-state index in [1.54, 1.807) is 18.2 Å². The van der Waals surface area contributed by atoms with Crippen molar-refractivity contribution < 1.29 is 19.0 Å². The smallest absolute Gasteiger partial charge is 0.342 e. The molecule has 4 rings (SSSR count). The molecule has 0 bridgehead atoms. The Kier molecular flexibility index (Phi) is 6.61. The standard InChI is InChI=1S/C27H22O4/c28-27(30-20-22-12-6-2-7-13-22)25-17-16-24(31-23-14-8-3-9-15-23)18-26(25)29-19-21-10-4-1-5-11-21/h1-18H,19-20H2. The number of para-hydroxylation sites is 1.